The zero-order valence-corrected chi connectivity index (χ0v) is 17.8. The lowest BCUT2D eigenvalue weighted by molar-refractivity contribution is 0.218. The number of hydrogen-bond donors (Lipinski definition) is 0. The molecule has 0 amide bonds. The summed E-state index contributed by atoms with van der Waals surface area (Å²) in [6, 6.07) is 12.0. The number of piperidine rings is 1. The Labute approximate surface area is 178 Å². The molecule has 0 unspecified atom stereocenters. The first kappa shape index (κ1) is 20.4. The van der Waals surface area contributed by atoms with E-state index in [0.717, 1.165) is 34.9 Å². The molecular weight excluding hydrogens is 374 g/mol. The van der Waals surface area contributed by atoms with Gasteiger partial charge in [-0.1, -0.05) is 12.0 Å². The van der Waals surface area contributed by atoms with Crippen LogP contribution in [0.2, 0.25) is 0 Å². The maximum Gasteiger partial charge on any atom is 0.228 e. The Hall–Kier alpha value is -2.92. The lowest BCUT2D eigenvalue weighted by atomic mass is 10.1. The predicted molar refractivity (Wildman–Crippen MR) is 119 cm³/mol. The molecule has 3 heterocycles. The minimum absolute atomic E-state index is 0.578. The first-order valence-corrected chi connectivity index (χ1v) is 10.7. The third-order valence-corrected chi connectivity index (χ3v) is 5.29. The number of ether oxygens (including phenoxy) is 1. The number of hydrogen-bond acceptors (Lipinski definition) is 5. The molecule has 5 nitrogen and oxygen atoms in total. The van der Waals surface area contributed by atoms with Gasteiger partial charge in [0.05, 0.1) is 17.5 Å². The SMILES string of the molecule is CC(C)=CCOc1ccc(-c2cnc(-c3ccc(CN4CCCCC4)nc3)o2)cc1. The number of likely N-dealkylation sites (tertiary alicyclic amines) is 1. The van der Waals surface area contributed by atoms with Crippen molar-refractivity contribution in [2.75, 3.05) is 19.7 Å². The van der Waals surface area contributed by atoms with Gasteiger partial charge in [-0.05, 0) is 82.3 Å². The average Bonchev–Trinajstić information content (AvgIpc) is 3.26. The van der Waals surface area contributed by atoms with Gasteiger partial charge in [0.15, 0.2) is 5.76 Å². The molecule has 0 N–H and O–H groups in total. The van der Waals surface area contributed by atoms with Gasteiger partial charge in [0.1, 0.15) is 12.4 Å². The van der Waals surface area contributed by atoms with Crippen LogP contribution in [-0.4, -0.2) is 34.6 Å². The van der Waals surface area contributed by atoms with Crippen LogP contribution in [0.15, 0.2) is 64.9 Å². The molecule has 0 atom stereocenters. The Kier molecular flexibility index (Phi) is 6.60. The summed E-state index contributed by atoms with van der Waals surface area (Å²) in [6.07, 6.45) is 9.61. The average molecular weight is 404 g/mol. The van der Waals surface area contributed by atoms with Gasteiger partial charge in [-0.15, -0.1) is 0 Å². The van der Waals surface area contributed by atoms with E-state index < -0.39 is 0 Å². The molecule has 0 aliphatic carbocycles. The molecule has 0 spiro atoms. The van der Waals surface area contributed by atoms with Crippen LogP contribution >= 0.6 is 0 Å². The molecule has 2 aromatic heterocycles. The van der Waals surface area contributed by atoms with E-state index in [2.05, 4.69) is 40.9 Å². The standard InChI is InChI=1S/C25H29N3O2/c1-19(2)12-15-29-23-10-7-20(8-11-23)24-17-27-25(30-24)21-6-9-22(26-16-21)18-28-13-4-3-5-14-28/h6-12,16-17H,3-5,13-15,18H2,1-2H3. The second-order valence-electron chi connectivity index (χ2n) is 8.02. The molecule has 1 fully saturated rings. The zero-order valence-electron chi connectivity index (χ0n) is 17.8. The van der Waals surface area contributed by atoms with Gasteiger partial charge in [0.2, 0.25) is 5.89 Å². The van der Waals surface area contributed by atoms with Crippen LogP contribution in [0, 0.1) is 0 Å². The summed E-state index contributed by atoms with van der Waals surface area (Å²) < 4.78 is 11.7. The van der Waals surface area contributed by atoms with E-state index in [1.807, 2.05) is 36.5 Å². The first-order valence-electron chi connectivity index (χ1n) is 10.7. The van der Waals surface area contributed by atoms with Crippen LogP contribution in [0.25, 0.3) is 22.8 Å². The van der Waals surface area contributed by atoms with Gasteiger partial charge in [0.25, 0.3) is 0 Å². The maximum absolute atomic E-state index is 5.99. The third kappa shape index (κ3) is 5.36. The topological polar surface area (TPSA) is 51.4 Å². The molecule has 0 bridgehead atoms. The fourth-order valence-electron chi connectivity index (χ4n) is 3.55. The number of oxazole rings is 1. The molecule has 0 radical (unpaired) electrons. The second-order valence-corrected chi connectivity index (χ2v) is 8.02. The Morgan fingerprint density at radius 3 is 2.43 bits per heavy atom. The molecular formula is C25H29N3O2. The molecule has 5 heteroatoms. The Balaban J connectivity index is 1.39. The minimum Gasteiger partial charge on any atom is -0.490 e. The van der Waals surface area contributed by atoms with Crippen LogP contribution in [0.3, 0.4) is 0 Å². The lowest BCUT2D eigenvalue weighted by Crippen LogP contribution is -2.29. The summed E-state index contributed by atoms with van der Waals surface area (Å²) in [7, 11) is 0. The smallest absolute Gasteiger partial charge is 0.228 e. The molecule has 1 aliphatic rings. The Morgan fingerprint density at radius 1 is 0.967 bits per heavy atom. The van der Waals surface area contributed by atoms with Crippen molar-refractivity contribution in [3.63, 3.8) is 0 Å². The van der Waals surface area contributed by atoms with E-state index in [4.69, 9.17) is 9.15 Å². The molecule has 3 aromatic rings. The summed E-state index contributed by atoms with van der Waals surface area (Å²) in [4.78, 5) is 11.5. The highest BCUT2D eigenvalue weighted by atomic mass is 16.5. The number of allylic oxidation sites excluding steroid dienone is 1. The van der Waals surface area contributed by atoms with Crippen molar-refractivity contribution >= 4 is 0 Å². The Bertz CT molecular complexity index is 964. The number of benzene rings is 1. The summed E-state index contributed by atoms with van der Waals surface area (Å²) in [5.74, 6) is 2.16. The van der Waals surface area contributed by atoms with Crippen LogP contribution in [-0.2, 0) is 6.54 Å². The number of rotatable bonds is 7. The fraction of sp³-hybridized carbons (Fsp3) is 0.360. The van der Waals surface area contributed by atoms with Gasteiger partial charge in [0, 0.05) is 18.3 Å². The van der Waals surface area contributed by atoms with Crippen molar-refractivity contribution < 1.29 is 9.15 Å². The van der Waals surface area contributed by atoms with E-state index in [9.17, 15) is 0 Å². The fourth-order valence-corrected chi connectivity index (χ4v) is 3.55. The summed E-state index contributed by atoms with van der Waals surface area (Å²) >= 11 is 0. The van der Waals surface area contributed by atoms with Gasteiger partial charge in [-0.2, -0.15) is 0 Å². The van der Waals surface area contributed by atoms with Crippen LogP contribution < -0.4 is 4.74 Å². The number of nitrogens with zero attached hydrogens (tertiary/aromatic N) is 3. The van der Waals surface area contributed by atoms with Crippen LogP contribution in [0.1, 0.15) is 38.8 Å². The number of pyridine rings is 1. The molecule has 1 aromatic carbocycles. The second kappa shape index (κ2) is 9.72. The van der Waals surface area contributed by atoms with E-state index in [1.54, 1.807) is 6.20 Å². The van der Waals surface area contributed by atoms with Crippen molar-refractivity contribution in [1.82, 2.24) is 14.9 Å². The lowest BCUT2D eigenvalue weighted by Gasteiger charge is -2.25. The summed E-state index contributed by atoms with van der Waals surface area (Å²) in [5, 5.41) is 0. The van der Waals surface area contributed by atoms with Gasteiger partial charge >= 0.3 is 0 Å². The highest BCUT2D eigenvalue weighted by molar-refractivity contribution is 5.61. The first-order chi connectivity index (χ1) is 14.7. The predicted octanol–water partition coefficient (Wildman–Crippen LogP) is 5.73. The van der Waals surface area contributed by atoms with Gasteiger partial charge in [-0.25, -0.2) is 4.98 Å². The Morgan fingerprint density at radius 2 is 1.73 bits per heavy atom. The van der Waals surface area contributed by atoms with E-state index in [0.29, 0.717) is 12.5 Å². The molecule has 4 rings (SSSR count). The summed E-state index contributed by atoms with van der Waals surface area (Å²) in [6.45, 7) is 7.96. The van der Waals surface area contributed by atoms with E-state index in [1.165, 1.54) is 37.9 Å². The van der Waals surface area contributed by atoms with Crippen molar-refractivity contribution in [3.05, 3.63) is 66.1 Å². The van der Waals surface area contributed by atoms with Gasteiger partial charge in [-0.3, -0.25) is 9.88 Å². The zero-order chi connectivity index (χ0) is 20.8. The number of aromatic nitrogens is 2. The van der Waals surface area contributed by atoms with E-state index >= 15 is 0 Å². The maximum atomic E-state index is 5.99. The molecule has 1 aliphatic heterocycles. The highest BCUT2D eigenvalue weighted by Gasteiger charge is 2.13. The molecule has 0 saturated carbocycles. The van der Waals surface area contributed by atoms with Crippen molar-refractivity contribution in [2.45, 2.75) is 39.7 Å². The highest BCUT2D eigenvalue weighted by Crippen LogP contribution is 2.27. The molecule has 156 valence electrons. The van der Waals surface area contributed by atoms with Crippen molar-refractivity contribution in [2.24, 2.45) is 0 Å². The van der Waals surface area contributed by atoms with Crippen LogP contribution in [0.4, 0.5) is 0 Å². The minimum atomic E-state index is 0.578. The largest absolute Gasteiger partial charge is 0.490 e. The molecule has 30 heavy (non-hydrogen) atoms. The quantitative estimate of drug-likeness (QED) is 0.471. The van der Waals surface area contributed by atoms with E-state index in [-0.39, 0.29) is 0 Å². The normalized spacial score (nSPS) is 14.5. The monoisotopic (exact) mass is 403 g/mol. The van der Waals surface area contributed by atoms with Crippen molar-refractivity contribution in [1.29, 1.82) is 0 Å². The summed E-state index contributed by atoms with van der Waals surface area (Å²) in [5.41, 5.74) is 4.20. The molecule has 1 saturated heterocycles. The van der Waals surface area contributed by atoms with Crippen molar-refractivity contribution in [3.8, 4) is 28.5 Å². The van der Waals surface area contributed by atoms with Crippen LogP contribution in [0.5, 0.6) is 5.75 Å². The van der Waals surface area contributed by atoms with Gasteiger partial charge < -0.3 is 9.15 Å². The third-order valence-electron chi connectivity index (χ3n) is 5.29.